The molecule has 0 atom stereocenters. The van der Waals surface area contributed by atoms with E-state index in [9.17, 15) is 14.7 Å². The summed E-state index contributed by atoms with van der Waals surface area (Å²) in [5.74, 6) is -0.447. The number of carbonyl (C=O) groups is 2. The second kappa shape index (κ2) is 16.0. The van der Waals surface area contributed by atoms with Gasteiger partial charge in [0.15, 0.2) is 0 Å². The molecule has 5 heteroatoms. The molecule has 3 N–H and O–H groups in total. The highest BCUT2D eigenvalue weighted by atomic mass is 16.4. The fourth-order valence-electron chi connectivity index (χ4n) is 3.27. The van der Waals surface area contributed by atoms with Gasteiger partial charge in [0.05, 0.1) is 0 Å². The van der Waals surface area contributed by atoms with Gasteiger partial charge in [-0.3, -0.25) is 9.59 Å². The number of unbranched alkanes of at least 4 members (excludes halogenated alkanes) is 12. The van der Waals surface area contributed by atoms with Crippen molar-refractivity contribution in [1.82, 2.24) is 0 Å². The number of hydrogen-bond donors (Lipinski definition) is 3. The number of hydrogen-bond acceptors (Lipinski definition) is 3. The first-order chi connectivity index (χ1) is 13.6. The minimum absolute atomic E-state index is 0.0358. The molecule has 0 aliphatic heterocycles. The first-order valence-corrected chi connectivity index (χ1v) is 10.9. The Morgan fingerprint density at radius 3 is 1.46 bits per heavy atom. The average molecular weight is 392 g/mol. The number of carbonyl (C=O) groups excluding carboxylic acids is 1. The molecule has 0 radical (unpaired) electrons. The van der Waals surface area contributed by atoms with Gasteiger partial charge < -0.3 is 15.5 Å². The molecule has 1 aromatic rings. The fraction of sp³-hybridized carbons (Fsp3) is 0.652. The normalized spacial score (nSPS) is 10.7. The molecule has 0 heterocycles. The third-order valence-electron chi connectivity index (χ3n) is 4.95. The molecule has 5 nitrogen and oxygen atoms in total. The van der Waals surface area contributed by atoms with E-state index in [1.807, 2.05) is 0 Å². The lowest BCUT2D eigenvalue weighted by Gasteiger charge is -2.05. The van der Waals surface area contributed by atoms with Crippen LogP contribution in [-0.2, 0) is 9.59 Å². The van der Waals surface area contributed by atoms with Crippen LogP contribution in [0.1, 0.15) is 96.3 Å². The van der Waals surface area contributed by atoms with E-state index in [0.29, 0.717) is 12.8 Å². The first-order valence-electron chi connectivity index (χ1n) is 10.9. The number of phenols is 1. The SMILES string of the molecule is O=C(O)CCCCCCCCCCCCCCCC(=O)Nc1ccc(O)cc1. The van der Waals surface area contributed by atoms with Crippen LogP contribution in [0.2, 0.25) is 0 Å². The van der Waals surface area contributed by atoms with Crippen LogP contribution in [0.5, 0.6) is 5.75 Å². The van der Waals surface area contributed by atoms with Crippen molar-refractivity contribution < 1.29 is 19.8 Å². The number of carboxylic acid groups (broad SMARTS) is 1. The highest BCUT2D eigenvalue weighted by Crippen LogP contribution is 2.15. The Morgan fingerprint density at radius 2 is 1.04 bits per heavy atom. The third kappa shape index (κ3) is 14.1. The first kappa shape index (κ1) is 24.0. The molecule has 0 saturated carbocycles. The monoisotopic (exact) mass is 391 g/mol. The summed E-state index contributed by atoms with van der Waals surface area (Å²) in [5.41, 5.74) is 0.725. The molecule has 1 rings (SSSR count). The zero-order valence-electron chi connectivity index (χ0n) is 17.1. The van der Waals surface area contributed by atoms with Crippen LogP contribution in [0.4, 0.5) is 5.69 Å². The van der Waals surface area contributed by atoms with Crippen molar-refractivity contribution in [2.24, 2.45) is 0 Å². The van der Waals surface area contributed by atoms with E-state index in [1.165, 1.54) is 51.4 Å². The summed E-state index contributed by atoms with van der Waals surface area (Å²) in [7, 11) is 0. The highest BCUT2D eigenvalue weighted by molar-refractivity contribution is 5.90. The maximum absolute atomic E-state index is 11.8. The predicted octanol–water partition coefficient (Wildman–Crippen LogP) is 6.27. The summed E-state index contributed by atoms with van der Waals surface area (Å²) in [4.78, 5) is 22.2. The number of rotatable bonds is 17. The molecule has 0 aliphatic carbocycles. The van der Waals surface area contributed by atoms with E-state index >= 15 is 0 Å². The Morgan fingerprint density at radius 1 is 0.643 bits per heavy atom. The number of anilines is 1. The summed E-state index contributed by atoms with van der Waals surface area (Å²) >= 11 is 0. The van der Waals surface area contributed by atoms with Gasteiger partial charge in [0.1, 0.15) is 5.75 Å². The van der Waals surface area contributed by atoms with Gasteiger partial charge >= 0.3 is 5.97 Å². The van der Waals surface area contributed by atoms with Crippen LogP contribution in [0.15, 0.2) is 24.3 Å². The summed E-state index contributed by atoms with van der Waals surface area (Å²) in [5, 5.41) is 20.6. The van der Waals surface area contributed by atoms with E-state index in [1.54, 1.807) is 24.3 Å². The number of carboxylic acids is 1. The molecule has 1 amide bonds. The largest absolute Gasteiger partial charge is 0.508 e. The Labute approximate surface area is 169 Å². The molecule has 158 valence electrons. The van der Waals surface area contributed by atoms with Crippen LogP contribution in [0.3, 0.4) is 0 Å². The van der Waals surface area contributed by atoms with E-state index in [-0.39, 0.29) is 11.7 Å². The smallest absolute Gasteiger partial charge is 0.303 e. The second-order valence-corrected chi connectivity index (χ2v) is 7.58. The lowest BCUT2D eigenvalue weighted by atomic mass is 10.0. The number of benzene rings is 1. The van der Waals surface area contributed by atoms with E-state index in [4.69, 9.17) is 5.11 Å². The van der Waals surface area contributed by atoms with Crippen molar-refractivity contribution >= 4 is 17.6 Å². The molecule has 28 heavy (non-hydrogen) atoms. The van der Waals surface area contributed by atoms with Crippen LogP contribution >= 0.6 is 0 Å². The summed E-state index contributed by atoms with van der Waals surface area (Å²) in [6, 6.07) is 6.54. The second-order valence-electron chi connectivity index (χ2n) is 7.58. The average Bonchev–Trinajstić information content (AvgIpc) is 2.66. The Bertz CT molecular complexity index is 542. The molecule has 0 saturated heterocycles. The van der Waals surface area contributed by atoms with Gasteiger partial charge in [-0.25, -0.2) is 0 Å². The number of aromatic hydroxyl groups is 1. The number of amides is 1. The van der Waals surface area contributed by atoms with E-state index < -0.39 is 5.97 Å². The van der Waals surface area contributed by atoms with Gasteiger partial charge in [0.25, 0.3) is 0 Å². The lowest BCUT2D eigenvalue weighted by Crippen LogP contribution is -2.10. The maximum Gasteiger partial charge on any atom is 0.303 e. The van der Waals surface area contributed by atoms with E-state index in [2.05, 4.69) is 5.32 Å². The predicted molar refractivity (Wildman–Crippen MR) is 114 cm³/mol. The summed E-state index contributed by atoms with van der Waals surface area (Å²) in [6.07, 6.45) is 16.0. The van der Waals surface area contributed by atoms with Crippen LogP contribution in [0, 0.1) is 0 Å². The van der Waals surface area contributed by atoms with Crippen molar-refractivity contribution in [3.05, 3.63) is 24.3 Å². The third-order valence-corrected chi connectivity index (χ3v) is 4.95. The summed E-state index contributed by atoms with van der Waals surface area (Å²) < 4.78 is 0. The molecule has 0 spiro atoms. The number of aliphatic carboxylic acids is 1. The fourth-order valence-corrected chi connectivity index (χ4v) is 3.27. The van der Waals surface area contributed by atoms with Crippen LogP contribution in [0.25, 0.3) is 0 Å². The topological polar surface area (TPSA) is 86.6 Å². The maximum atomic E-state index is 11.8. The zero-order valence-corrected chi connectivity index (χ0v) is 17.1. The molecule has 0 fully saturated rings. The van der Waals surface area contributed by atoms with Crippen molar-refractivity contribution in [3.8, 4) is 5.75 Å². The van der Waals surface area contributed by atoms with Crippen molar-refractivity contribution in [3.63, 3.8) is 0 Å². The summed E-state index contributed by atoms with van der Waals surface area (Å²) in [6.45, 7) is 0. The van der Waals surface area contributed by atoms with Gasteiger partial charge in [0, 0.05) is 18.5 Å². The Balaban J connectivity index is 1.81. The van der Waals surface area contributed by atoms with Gasteiger partial charge in [0.2, 0.25) is 5.91 Å². The lowest BCUT2D eigenvalue weighted by molar-refractivity contribution is -0.137. The van der Waals surface area contributed by atoms with E-state index in [0.717, 1.165) is 37.8 Å². The number of nitrogens with one attached hydrogen (secondary N) is 1. The molecule has 0 aliphatic rings. The molecule has 0 unspecified atom stereocenters. The minimum atomic E-state index is -0.683. The minimum Gasteiger partial charge on any atom is -0.508 e. The van der Waals surface area contributed by atoms with Crippen LogP contribution in [-0.4, -0.2) is 22.1 Å². The van der Waals surface area contributed by atoms with Gasteiger partial charge in [-0.2, -0.15) is 0 Å². The zero-order chi connectivity index (χ0) is 20.5. The number of phenolic OH excluding ortho intramolecular Hbond substituents is 1. The Kier molecular flexibility index (Phi) is 13.7. The quantitative estimate of drug-likeness (QED) is 0.216. The van der Waals surface area contributed by atoms with Gasteiger partial charge in [-0.1, -0.05) is 70.6 Å². The van der Waals surface area contributed by atoms with Crippen molar-refractivity contribution in [2.45, 2.75) is 96.3 Å². The highest BCUT2D eigenvalue weighted by Gasteiger charge is 2.02. The van der Waals surface area contributed by atoms with Gasteiger partial charge in [-0.15, -0.1) is 0 Å². The molecular formula is C23H37NO4. The Hall–Kier alpha value is -2.04. The molecule has 0 bridgehead atoms. The van der Waals surface area contributed by atoms with Gasteiger partial charge in [-0.05, 0) is 37.1 Å². The van der Waals surface area contributed by atoms with Crippen molar-refractivity contribution in [1.29, 1.82) is 0 Å². The van der Waals surface area contributed by atoms with Crippen LogP contribution < -0.4 is 5.32 Å². The molecular weight excluding hydrogens is 354 g/mol. The molecule has 0 aromatic heterocycles. The van der Waals surface area contributed by atoms with Crippen molar-refractivity contribution in [2.75, 3.05) is 5.32 Å². The molecule has 1 aromatic carbocycles. The standard InChI is InChI=1S/C23H37NO4/c25-21-18-16-20(17-19-21)24-22(26)14-12-10-8-6-4-2-1-3-5-7-9-11-13-15-23(27)28/h16-19,25H,1-15H2,(H,24,26)(H,27,28).